The molecule has 0 fully saturated rings. The van der Waals surface area contributed by atoms with Crippen molar-refractivity contribution in [2.24, 2.45) is 0 Å². The number of para-hydroxylation sites is 1. The second kappa shape index (κ2) is 16.9. The number of esters is 1. The number of carbonyl (C=O) groups is 1. The zero-order valence-corrected chi connectivity index (χ0v) is 25.7. The lowest BCUT2D eigenvalue weighted by Gasteiger charge is -2.26. The minimum absolute atomic E-state index is 0. The van der Waals surface area contributed by atoms with Gasteiger partial charge in [0.05, 0.1) is 6.61 Å². The van der Waals surface area contributed by atoms with Crippen LogP contribution in [0.4, 0.5) is 0 Å². The lowest BCUT2D eigenvalue weighted by atomic mass is 9.91. The highest BCUT2D eigenvalue weighted by Crippen LogP contribution is 2.29. The largest absolute Gasteiger partial charge is 0.489 e. The average Bonchev–Trinajstić information content (AvgIpc) is 3.00. The fourth-order valence-corrected chi connectivity index (χ4v) is 5.32. The highest BCUT2D eigenvalue weighted by Gasteiger charge is 2.22. The Morgan fingerprint density at radius 3 is 2.29 bits per heavy atom. The Morgan fingerprint density at radius 1 is 0.833 bits per heavy atom. The molecular weight excluding hydrogens is 567 g/mol. The number of aryl methyl sites for hydroxylation is 3. The third-order valence-corrected chi connectivity index (χ3v) is 7.50. The number of rotatable bonds is 12. The van der Waals surface area contributed by atoms with E-state index in [0.29, 0.717) is 18.9 Å². The lowest BCUT2D eigenvalue weighted by Crippen LogP contribution is -2.28. The Kier molecular flexibility index (Phi) is 13.3. The summed E-state index contributed by atoms with van der Waals surface area (Å²) in [7, 11) is 0. The molecule has 0 spiro atoms. The SMILES string of the molecule is CCOC(=O)c1ccc2c(n1)CCCC2NCCc1ccccc1OCc1ccc(CCc2ccccc2)cc1.Cl.Cl. The molecule has 42 heavy (non-hydrogen) atoms. The predicted octanol–water partition coefficient (Wildman–Crippen LogP) is 7.68. The fraction of sp³-hybridized carbons (Fsp3) is 0.314. The Morgan fingerprint density at radius 2 is 1.52 bits per heavy atom. The van der Waals surface area contributed by atoms with Crippen molar-refractivity contribution < 1.29 is 14.3 Å². The van der Waals surface area contributed by atoms with Crippen LogP contribution in [0.5, 0.6) is 5.75 Å². The van der Waals surface area contributed by atoms with Gasteiger partial charge in [-0.2, -0.15) is 0 Å². The Bertz CT molecular complexity index is 1400. The quantitative estimate of drug-likeness (QED) is 0.168. The number of ether oxygens (including phenoxy) is 2. The maximum Gasteiger partial charge on any atom is 0.356 e. The van der Waals surface area contributed by atoms with E-state index in [4.69, 9.17) is 9.47 Å². The Hall–Kier alpha value is -3.38. The number of benzene rings is 3. The van der Waals surface area contributed by atoms with E-state index in [0.717, 1.165) is 56.5 Å². The van der Waals surface area contributed by atoms with E-state index in [2.05, 4.69) is 83.1 Å². The van der Waals surface area contributed by atoms with Crippen molar-refractivity contribution in [3.8, 4) is 5.75 Å². The van der Waals surface area contributed by atoms with Gasteiger partial charge in [-0.15, -0.1) is 24.8 Å². The number of carbonyl (C=O) groups excluding carboxylic acids is 1. The summed E-state index contributed by atoms with van der Waals surface area (Å²) in [4.78, 5) is 16.7. The third kappa shape index (κ3) is 9.06. The number of fused-ring (bicyclic) bond motifs is 1. The fourth-order valence-electron chi connectivity index (χ4n) is 5.32. The molecule has 1 aromatic heterocycles. The standard InChI is InChI=1S/C35H38N2O3.2ClH/c1-2-39-35(38)33-22-21-30-31(12-8-13-32(30)37-33)36-24-23-29-11-6-7-14-34(29)40-25-28-19-17-27(18-20-28)16-15-26-9-4-3-5-10-26;;/h3-7,9-11,14,17-22,31,36H,2,8,12-13,15-16,23-25H2,1H3;2*1H. The monoisotopic (exact) mass is 606 g/mol. The van der Waals surface area contributed by atoms with E-state index in [1.54, 1.807) is 6.07 Å². The van der Waals surface area contributed by atoms with Gasteiger partial charge < -0.3 is 14.8 Å². The summed E-state index contributed by atoms with van der Waals surface area (Å²) in [5, 5.41) is 3.72. The summed E-state index contributed by atoms with van der Waals surface area (Å²) in [6, 6.07) is 31.8. The van der Waals surface area contributed by atoms with Gasteiger partial charge >= 0.3 is 5.97 Å². The highest BCUT2D eigenvalue weighted by atomic mass is 35.5. The maximum atomic E-state index is 12.1. The van der Waals surface area contributed by atoms with Crippen molar-refractivity contribution in [3.63, 3.8) is 0 Å². The summed E-state index contributed by atoms with van der Waals surface area (Å²) in [6.07, 6.45) is 5.96. The van der Waals surface area contributed by atoms with Gasteiger partial charge in [-0.1, -0.05) is 78.9 Å². The van der Waals surface area contributed by atoms with Gasteiger partial charge in [0, 0.05) is 11.7 Å². The second-order valence-electron chi connectivity index (χ2n) is 10.3. The molecule has 1 N–H and O–H groups in total. The van der Waals surface area contributed by atoms with Gasteiger partial charge in [-0.3, -0.25) is 0 Å². The molecule has 5 nitrogen and oxygen atoms in total. The molecule has 0 aliphatic heterocycles. The molecule has 5 rings (SSSR count). The van der Waals surface area contributed by atoms with Gasteiger partial charge in [0.15, 0.2) is 0 Å². The molecule has 1 aliphatic rings. The van der Waals surface area contributed by atoms with Crippen LogP contribution in [0.1, 0.15) is 69.8 Å². The maximum absolute atomic E-state index is 12.1. The zero-order chi connectivity index (χ0) is 27.6. The smallest absolute Gasteiger partial charge is 0.356 e. The Balaban J connectivity index is 0.00000242. The van der Waals surface area contributed by atoms with Crippen molar-refractivity contribution in [2.75, 3.05) is 13.2 Å². The normalized spacial score (nSPS) is 13.7. The first-order valence-electron chi connectivity index (χ1n) is 14.4. The number of nitrogens with zero attached hydrogens (tertiary/aromatic N) is 1. The molecule has 1 unspecified atom stereocenters. The van der Waals surface area contributed by atoms with E-state index in [1.165, 1.54) is 27.8 Å². The molecule has 3 aromatic carbocycles. The number of aromatic nitrogens is 1. The number of hydrogen-bond donors (Lipinski definition) is 1. The van der Waals surface area contributed by atoms with Crippen LogP contribution >= 0.6 is 24.8 Å². The zero-order valence-electron chi connectivity index (χ0n) is 24.1. The first kappa shape index (κ1) is 33.1. The first-order chi connectivity index (χ1) is 19.7. The van der Waals surface area contributed by atoms with E-state index in [9.17, 15) is 4.79 Å². The summed E-state index contributed by atoms with van der Waals surface area (Å²) in [5.74, 6) is 0.582. The topological polar surface area (TPSA) is 60.5 Å². The minimum Gasteiger partial charge on any atom is -0.489 e. The number of nitrogens with one attached hydrogen (secondary N) is 1. The van der Waals surface area contributed by atoms with Crippen LogP contribution in [0.25, 0.3) is 0 Å². The van der Waals surface area contributed by atoms with Crippen molar-refractivity contribution in [2.45, 2.75) is 58.1 Å². The molecule has 0 amide bonds. The first-order valence-corrected chi connectivity index (χ1v) is 14.4. The van der Waals surface area contributed by atoms with Gasteiger partial charge in [0.2, 0.25) is 0 Å². The van der Waals surface area contributed by atoms with Crippen LogP contribution < -0.4 is 10.1 Å². The molecule has 0 saturated heterocycles. The molecule has 1 heterocycles. The van der Waals surface area contributed by atoms with Crippen molar-refractivity contribution in [3.05, 3.63) is 130 Å². The van der Waals surface area contributed by atoms with E-state index in [1.807, 2.05) is 19.1 Å². The lowest BCUT2D eigenvalue weighted by molar-refractivity contribution is 0.0519. The number of pyridine rings is 1. The molecule has 222 valence electrons. The summed E-state index contributed by atoms with van der Waals surface area (Å²) < 4.78 is 11.4. The van der Waals surface area contributed by atoms with E-state index >= 15 is 0 Å². The highest BCUT2D eigenvalue weighted by molar-refractivity contribution is 5.87. The molecule has 0 radical (unpaired) electrons. The number of halogens is 2. The van der Waals surface area contributed by atoms with Crippen LogP contribution in [0.2, 0.25) is 0 Å². The van der Waals surface area contributed by atoms with Crippen molar-refractivity contribution in [1.29, 1.82) is 0 Å². The summed E-state index contributed by atoms with van der Waals surface area (Å²) in [6.45, 7) is 3.55. The summed E-state index contributed by atoms with van der Waals surface area (Å²) >= 11 is 0. The van der Waals surface area contributed by atoms with Crippen LogP contribution in [0.15, 0.2) is 91.0 Å². The van der Waals surface area contributed by atoms with E-state index in [-0.39, 0.29) is 36.8 Å². The molecule has 4 aromatic rings. The molecule has 0 bridgehead atoms. The number of hydrogen-bond acceptors (Lipinski definition) is 5. The van der Waals surface area contributed by atoms with Crippen LogP contribution in [-0.4, -0.2) is 24.1 Å². The third-order valence-electron chi connectivity index (χ3n) is 7.50. The van der Waals surface area contributed by atoms with Crippen LogP contribution in [0.3, 0.4) is 0 Å². The molecule has 0 saturated carbocycles. The molecule has 1 aliphatic carbocycles. The van der Waals surface area contributed by atoms with Gasteiger partial charge in [-0.05, 0) is 91.9 Å². The van der Waals surface area contributed by atoms with Gasteiger partial charge in [0.25, 0.3) is 0 Å². The molecule has 1 atom stereocenters. The van der Waals surface area contributed by atoms with Crippen LogP contribution in [0, 0.1) is 0 Å². The average molecular weight is 608 g/mol. The van der Waals surface area contributed by atoms with Crippen molar-refractivity contribution in [1.82, 2.24) is 10.3 Å². The predicted molar refractivity (Wildman–Crippen MR) is 173 cm³/mol. The van der Waals surface area contributed by atoms with E-state index < -0.39 is 0 Å². The summed E-state index contributed by atoms with van der Waals surface area (Å²) in [5.41, 5.74) is 7.67. The molecular formula is C35H40Cl2N2O3. The van der Waals surface area contributed by atoms with Crippen molar-refractivity contribution >= 4 is 30.8 Å². The Labute approximate surface area is 261 Å². The van der Waals surface area contributed by atoms with Crippen LogP contribution in [-0.2, 0) is 37.0 Å². The molecule has 7 heteroatoms. The van der Waals surface area contributed by atoms with Gasteiger partial charge in [0.1, 0.15) is 18.1 Å². The minimum atomic E-state index is -0.351. The van der Waals surface area contributed by atoms with Gasteiger partial charge in [-0.25, -0.2) is 9.78 Å². The second-order valence-corrected chi connectivity index (χ2v) is 10.3.